The molecule has 0 radical (unpaired) electrons. The molecule has 0 saturated heterocycles. The Morgan fingerprint density at radius 2 is 1.77 bits per heavy atom. The van der Waals surface area contributed by atoms with E-state index in [2.05, 4.69) is 9.98 Å². The van der Waals surface area contributed by atoms with E-state index in [9.17, 15) is 18.4 Å². The SMILES string of the molecule is N=C1CC(c2ccc(C(=O)O)cc2)(c2nccs2)N=C1C(=O)c1c(F)cccc1F. The maximum Gasteiger partial charge on any atom is 0.335 e. The normalized spacial score (nSPS) is 18.3. The number of halogens is 2. The summed E-state index contributed by atoms with van der Waals surface area (Å²) in [7, 11) is 0. The maximum absolute atomic E-state index is 14.1. The molecule has 9 heteroatoms. The number of aromatic nitrogens is 1. The predicted octanol–water partition coefficient (Wildman–Crippen LogP) is 4.11. The molecule has 2 aromatic carbocycles. The molecule has 4 rings (SSSR count). The van der Waals surface area contributed by atoms with Crippen LogP contribution in [0.2, 0.25) is 0 Å². The van der Waals surface area contributed by atoms with Crippen LogP contribution in [0.5, 0.6) is 0 Å². The van der Waals surface area contributed by atoms with E-state index < -0.39 is 34.5 Å². The third-order valence-electron chi connectivity index (χ3n) is 4.82. The molecular weight excluding hydrogens is 412 g/mol. The summed E-state index contributed by atoms with van der Waals surface area (Å²) in [5, 5.41) is 19.7. The molecule has 150 valence electrons. The number of carboxylic acid groups (broad SMARTS) is 1. The fourth-order valence-corrected chi connectivity index (χ4v) is 4.19. The Labute approximate surface area is 173 Å². The van der Waals surface area contributed by atoms with Crippen LogP contribution in [0.15, 0.2) is 59.0 Å². The zero-order valence-corrected chi connectivity index (χ0v) is 16.0. The van der Waals surface area contributed by atoms with Crippen molar-refractivity contribution in [2.45, 2.75) is 12.0 Å². The molecule has 1 aliphatic rings. The minimum absolute atomic E-state index is 0.0515. The van der Waals surface area contributed by atoms with Crippen molar-refractivity contribution in [3.8, 4) is 0 Å². The highest BCUT2D eigenvalue weighted by Gasteiger charge is 2.46. The summed E-state index contributed by atoms with van der Waals surface area (Å²) in [5.41, 5.74) is -1.97. The topological polar surface area (TPSA) is 103 Å². The van der Waals surface area contributed by atoms with Crippen LogP contribution in [0.3, 0.4) is 0 Å². The first kappa shape index (κ1) is 19.7. The maximum atomic E-state index is 14.1. The predicted molar refractivity (Wildman–Crippen MR) is 107 cm³/mol. The van der Waals surface area contributed by atoms with Crippen molar-refractivity contribution in [1.29, 1.82) is 5.41 Å². The number of aliphatic imine (C=N–C) groups is 1. The van der Waals surface area contributed by atoms with E-state index in [1.165, 1.54) is 23.5 Å². The summed E-state index contributed by atoms with van der Waals surface area (Å²) in [5.74, 6) is -4.18. The second-order valence-corrected chi connectivity index (χ2v) is 7.52. The lowest BCUT2D eigenvalue weighted by Gasteiger charge is -2.24. The lowest BCUT2D eigenvalue weighted by atomic mass is 9.87. The number of aromatic carboxylic acids is 1. The molecule has 3 aromatic rings. The van der Waals surface area contributed by atoms with Crippen molar-refractivity contribution in [1.82, 2.24) is 4.98 Å². The second-order valence-electron chi connectivity index (χ2n) is 6.62. The number of nitrogens with zero attached hydrogens (tertiary/aromatic N) is 2. The largest absolute Gasteiger partial charge is 0.478 e. The number of ketones is 1. The van der Waals surface area contributed by atoms with Crippen LogP contribution < -0.4 is 0 Å². The fourth-order valence-electron chi connectivity index (χ4n) is 3.39. The Hall–Kier alpha value is -3.59. The number of benzene rings is 2. The van der Waals surface area contributed by atoms with Gasteiger partial charge < -0.3 is 10.5 Å². The lowest BCUT2D eigenvalue weighted by Crippen LogP contribution is -2.24. The Morgan fingerprint density at radius 3 is 2.33 bits per heavy atom. The molecule has 0 saturated carbocycles. The quantitative estimate of drug-likeness (QED) is 0.601. The molecule has 2 heterocycles. The number of hydrogen-bond donors (Lipinski definition) is 2. The first-order valence-electron chi connectivity index (χ1n) is 8.73. The first-order valence-corrected chi connectivity index (χ1v) is 9.61. The number of thiazole rings is 1. The molecular formula is C21H13F2N3O3S. The molecule has 1 aromatic heterocycles. The zero-order chi connectivity index (χ0) is 21.5. The van der Waals surface area contributed by atoms with Gasteiger partial charge in [0.2, 0.25) is 5.78 Å². The number of Topliss-reactive ketones (excluding diaryl/α,β-unsaturated/α-hetero) is 1. The number of carbonyl (C=O) groups is 2. The van der Waals surface area contributed by atoms with Gasteiger partial charge in [-0.3, -0.25) is 9.79 Å². The first-order chi connectivity index (χ1) is 14.3. The van der Waals surface area contributed by atoms with E-state index in [4.69, 9.17) is 10.5 Å². The van der Waals surface area contributed by atoms with Gasteiger partial charge in [0.15, 0.2) is 0 Å². The fraction of sp³-hybridized carbons (Fsp3) is 0.0952. The summed E-state index contributed by atoms with van der Waals surface area (Å²) in [4.78, 5) is 32.8. The van der Waals surface area contributed by atoms with Crippen molar-refractivity contribution in [2.75, 3.05) is 0 Å². The number of carbonyl (C=O) groups excluding carboxylic acids is 1. The molecule has 6 nitrogen and oxygen atoms in total. The van der Waals surface area contributed by atoms with Gasteiger partial charge >= 0.3 is 5.97 Å². The van der Waals surface area contributed by atoms with Gasteiger partial charge in [-0.15, -0.1) is 11.3 Å². The highest BCUT2D eigenvalue weighted by Crippen LogP contribution is 2.42. The molecule has 30 heavy (non-hydrogen) atoms. The molecule has 0 amide bonds. The Bertz CT molecular complexity index is 1190. The van der Waals surface area contributed by atoms with Gasteiger partial charge in [-0.25, -0.2) is 18.6 Å². The van der Waals surface area contributed by atoms with E-state index in [0.29, 0.717) is 10.6 Å². The molecule has 1 unspecified atom stereocenters. The van der Waals surface area contributed by atoms with Gasteiger partial charge in [-0.2, -0.15) is 0 Å². The third kappa shape index (κ3) is 3.13. The van der Waals surface area contributed by atoms with Crippen molar-refractivity contribution in [2.24, 2.45) is 4.99 Å². The summed E-state index contributed by atoms with van der Waals surface area (Å²) in [6.45, 7) is 0. The van der Waals surface area contributed by atoms with Gasteiger partial charge in [0, 0.05) is 18.0 Å². The molecule has 0 aliphatic carbocycles. The summed E-state index contributed by atoms with van der Waals surface area (Å²) >= 11 is 1.25. The number of hydrogen-bond acceptors (Lipinski definition) is 6. The van der Waals surface area contributed by atoms with Crippen molar-refractivity contribution in [3.05, 3.63) is 87.4 Å². The highest BCUT2D eigenvalue weighted by atomic mass is 32.1. The van der Waals surface area contributed by atoms with Gasteiger partial charge in [-0.05, 0) is 29.8 Å². The second kappa shape index (κ2) is 7.34. The van der Waals surface area contributed by atoms with Crippen molar-refractivity contribution in [3.63, 3.8) is 0 Å². The summed E-state index contributed by atoms with van der Waals surface area (Å²) in [6, 6.07) is 8.94. The molecule has 1 atom stereocenters. The van der Waals surface area contributed by atoms with E-state index in [-0.39, 0.29) is 23.4 Å². The number of carboxylic acids is 1. The van der Waals surface area contributed by atoms with E-state index in [1.807, 2.05) is 0 Å². The molecule has 0 fully saturated rings. The van der Waals surface area contributed by atoms with Gasteiger partial charge in [0.25, 0.3) is 0 Å². The zero-order valence-electron chi connectivity index (χ0n) is 15.2. The van der Waals surface area contributed by atoms with Crippen molar-refractivity contribution < 1.29 is 23.5 Å². The third-order valence-corrected chi connectivity index (χ3v) is 5.75. The van der Waals surface area contributed by atoms with Crippen LogP contribution in [0.25, 0.3) is 0 Å². The standard InChI is InChI=1S/C21H13F2N3O3S/c22-13-2-1-3-14(23)16(13)18(27)17-15(24)10-21(26-17,20-25-8-9-30-20)12-6-4-11(5-7-12)19(28)29/h1-9,24H,10H2,(H,28,29). The average Bonchev–Trinajstić information content (AvgIpc) is 3.36. The van der Waals surface area contributed by atoms with Crippen LogP contribution in [0.4, 0.5) is 8.78 Å². The van der Waals surface area contributed by atoms with E-state index >= 15 is 0 Å². The Kier molecular flexibility index (Phi) is 4.83. The van der Waals surface area contributed by atoms with Gasteiger partial charge in [-0.1, -0.05) is 18.2 Å². The van der Waals surface area contributed by atoms with Gasteiger partial charge in [0.1, 0.15) is 27.9 Å². The lowest BCUT2D eigenvalue weighted by molar-refractivity contribution is 0.0696. The summed E-state index contributed by atoms with van der Waals surface area (Å²) in [6.07, 6.45) is 1.49. The van der Waals surface area contributed by atoms with Crippen LogP contribution in [0, 0.1) is 17.0 Å². The Balaban J connectivity index is 1.87. The molecule has 0 spiro atoms. The molecule has 0 bridgehead atoms. The highest BCUT2D eigenvalue weighted by molar-refractivity contribution is 7.09. The number of nitrogens with one attached hydrogen (secondary N) is 1. The van der Waals surface area contributed by atoms with Crippen LogP contribution >= 0.6 is 11.3 Å². The summed E-state index contributed by atoms with van der Waals surface area (Å²) < 4.78 is 28.3. The smallest absolute Gasteiger partial charge is 0.335 e. The van der Waals surface area contributed by atoms with Crippen molar-refractivity contribution >= 4 is 34.5 Å². The Morgan fingerprint density at radius 1 is 1.10 bits per heavy atom. The molecule has 1 aliphatic heterocycles. The average molecular weight is 425 g/mol. The van der Waals surface area contributed by atoms with E-state index in [1.54, 1.807) is 23.7 Å². The van der Waals surface area contributed by atoms with Gasteiger partial charge in [0.05, 0.1) is 16.8 Å². The molecule has 2 N–H and O–H groups in total. The number of rotatable bonds is 5. The monoisotopic (exact) mass is 425 g/mol. The van der Waals surface area contributed by atoms with E-state index in [0.717, 1.165) is 18.2 Å². The minimum Gasteiger partial charge on any atom is -0.478 e. The van der Waals surface area contributed by atoms with Crippen LogP contribution in [-0.2, 0) is 5.54 Å². The minimum atomic E-state index is -1.25. The van der Waals surface area contributed by atoms with Crippen LogP contribution in [0.1, 0.15) is 37.7 Å². The van der Waals surface area contributed by atoms with Crippen LogP contribution in [-0.4, -0.2) is 33.3 Å².